The van der Waals surface area contributed by atoms with Crippen molar-refractivity contribution in [1.29, 1.82) is 0 Å². The van der Waals surface area contributed by atoms with Gasteiger partial charge in [-0.25, -0.2) is 17.9 Å². The van der Waals surface area contributed by atoms with E-state index in [9.17, 15) is 13.2 Å². The van der Waals surface area contributed by atoms with Crippen molar-refractivity contribution >= 4 is 15.8 Å². The lowest BCUT2D eigenvalue weighted by molar-refractivity contribution is 0.0691. The van der Waals surface area contributed by atoms with Gasteiger partial charge in [0.15, 0.2) is 5.69 Å². The first-order chi connectivity index (χ1) is 9.88. The Morgan fingerprint density at radius 2 is 2.19 bits per heavy atom. The quantitative estimate of drug-likeness (QED) is 0.824. The fraction of sp³-hybridized carbons (Fsp3) is 0.333. The number of aromatic carboxylic acids is 1. The van der Waals surface area contributed by atoms with Gasteiger partial charge in [-0.2, -0.15) is 0 Å². The molecule has 2 heterocycles. The summed E-state index contributed by atoms with van der Waals surface area (Å²) < 4.78 is 23.7. The van der Waals surface area contributed by atoms with Crippen LogP contribution in [0.15, 0.2) is 24.5 Å². The lowest BCUT2D eigenvalue weighted by Gasteiger charge is -2.06. The molecule has 0 saturated carbocycles. The highest BCUT2D eigenvalue weighted by Crippen LogP contribution is 2.21. The van der Waals surface area contributed by atoms with E-state index in [1.165, 1.54) is 10.9 Å². The van der Waals surface area contributed by atoms with Gasteiger partial charge in [0.2, 0.25) is 0 Å². The zero-order valence-electron chi connectivity index (χ0n) is 11.3. The van der Waals surface area contributed by atoms with Gasteiger partial charge in [-0.3, -0.25) is 4.98 Å². The maximum atomic E-state index is 11.2. The van der Waals surface area contributed by atoms with Crippen molar-refractivity contribution in [2.45, 2.75) is 13.0 Å². The molecule has 0 bridgehead atoms. The molecule has 1 N–H and O–H groups in total. The first kappa shape index (κ1) is 15.1. The standard InChI is InChI=1S/C12H14N4O4S/c1-21(19,20)7-3-6-16-11(9-4-2-5-13-8-9)10(12(17)18)14-15-16/h2,4-5,8H,3,6-7H2,1H3,(H,17,18). The molecule has 112 valence electrons. The summed E-state index contributed by atoms with van der Waals surface area (Å²) in [5.74, 6) is -1.19. The number of pyridine rings is 1. The van der Waals surface area contributed by atoms with Crippen LogP contribution in [0.2, 0.25) is 0 Å². The van der Waals surface area contributed by atoms with E-state index in [0.717, 1.165) is 6.26 Å². The van der Waals surface area contributed by atoms with Crippen LogP contribution < -0.4 is 0 Å². The molecule has 8 nitrogen and oxygen atoms in total. The molecule has 0 aliphatic heterocycles. The van der Waals surface area contributed by atoms with Gasteiger partial charge in [0.05, 0.1) is 5.75 Å². The van der Waals surface area contributed by atoms with Crippen LogP contribution in [0.3, 0.4) is 0 Å². The first-order valence-electron chi connectivity index (χ1n) is 6.13. The third-order valence-electron chi connectivity index (χ3n) is 2.76. The summed E-state index contributed by atoms with van der Waals surface area (Å²) in [5.41, 5.74) is 0.714. The number of rotatable bonds is 6. The van der Waals surface area contributed by atoms with E-state index in [0.29, 0.717) is 17.7 Å². The third kappa shape index (κ3) is 3.85. The molecule has 0 aromatic carbocycles. The number of sulfone groups is 1. The van der Waals surface area contributed by atoms with Gasteiger partial charge in [-0.1, -0.05) is 5.21 Å². The Kier molecular flexibility index (Phi) is 4.32. The van der Waals surface area contributed by atoms with Crippen LogP contribution in [0, 0.1) is 0 Å². The van der Waals surface area contributed by atoms with Crippen molar-refractivity contribution < 1.29 is 18.3 Å². The Balaban J connectivity index is 2.32. The van der Waals surface area contributed by atoms with Crippen molar-refractivity contribution in [3.63, 3.8) is 0 Å². The number of aromatic nitrogens is 4. The number of hydrogen-bond donors (Lipinski definition) is 1. The van der Waals surface area contributed by atoms with E-state index in [2.05, 4.69) is 15.3 Å². The highest BCUT2D eigenvalue weighted by molar-refractivity contribution is 7.90. The molecule has 2 aromatic heterocycles. The molecule has 0 aliphatic carbocycles. The van der Waals surface area contributed by atoms with Crippen LogP contribution in [-0.2, 0) is 16.4 Å². The SMILES string of the molecule is CS(=O)(=O)CCCn1nnc(C(=O)O)c1-c1cccnc1. The molecule has 21 heavy (non-hydrogen) atoms. The van der Waals surface area contributed by atoms with Gasteiger partial charge in [0.25, 0.3) is 0 Å². The molecular formula is C12H14N4O4S. The lowest BCUT2D eigenvalue weighted by Crippen LogP contribution is -2.10. The fourth-order valence-corrected chi connectivity index (χ4v) is 2.53. The van der Waals surface area contributed by atoms with Gasteiger partial charge in [0.1, 0.15) is 15.5 Å². The minimum absolute atomic E-state index is 0.00173. The Morgan fingerprint density at radius 1 is 1.43 bits per heavy atom. The second-order valence-electron chi connectivity index (χ2n) is 4.54. The van der Waals surface area contributed by atoms with E-state index in [4.69, 9.17) is 5.11 Å². The molecular weight excluding hydrogens is 296 g/mol. The minimum Gasteiger partial charge on any atom is -0.476 e. The topological polar surface area (TPSA) is 115 Å². The smallest absolute Gasteiger partial charge is 0.358 e. The second-order valence-corrected chi connectivity index (χ2v) is 6.80. The van der Waals surface area contributed by atoms with Crippen LogP contribution in [0.5, 0.6) is 0 Å². The molecule has 2 aromatic rings. The summed E-state index contributed by atoms with van der Waals surface area (Å²) in [7, 11) is -3.07. The average Bonchev–Trinajstić information content (AvgIpc) is 2.82. The summed E-state index contributed by atoms with van der Waals surface area (Å²) >= 11 is 0. The third-order valence-corrected chi connectivity index (χ3v) is 3.79. The minimum atomic E-state index is -3.07. The molecule has 0 radical (unpaired) electrons. The molecule has 0 saturated heterocycles. The summed E-state index contributed by atoms with van der Waals surface area (Å²) in [6.07, 6.45) is 4.56. The van der Waals surface area contributed by atoms with E-state index >= 15 is 0 Å². The molecule has 0 fully saturated rings. The normalized spacial score (nSPS) is 11.5. The average molecular weight is 310 g/mol. The van der Waals surface area contributed by atoms with E-state index in [-0.39, 0.29) is 18.0 Å². The van der Waals surface area contributed by atoms with Crippen molar-refractivity contribution in [3.8, 4) is 11.3 Å². The lowest BCUT2D eigenvalue weighted by atomic mass is 10.1. The summed E-state index contributed by atoms with van der Waals surface area (Å²) in [6.45, 7) is 0.261. The second kappa shape index (κ2) is 6.00. The van der Waals surface area contributed by atoms with Gasteiger partial charge in [-0.15, -0.1) is 5.10 Å². The predicted molar refractivity (Wildman–Crippen MR) is 74.5 cm³/mol. The largest absolute Gasteiger partial charge is 0.476 e. The maximum absolute atomic E-state index is 11.2. The predicted octanol–water partition coefficient (Wildman–Crippen LogP) is 0.473. The van der Waals surface area contributed by atoms with Gasteiger partial charge in [0, 0.05) is 30.8 Å². The highest BCUT2D eigenvalue weighted by atomic mass is 32.2. The highest BCUT2D eigenvalue weighted by Gasteiger charge is 2.20. The van der Waals surface area contributed by atoms with E-state index in [1.54, 1.807) is 18.3 Å². The fourth-order valence-electron chi connectivity index (χ4n) is 1.88. The maximum Gasteiger partial charge on any atom is 0.358 e. The zero-order chi connectivity index (χ0) is 15.5. The molecule has 0 unspecified atom stereocenters. The molecule has 2 rings (SSSR count). The molecule has 0 spiro atoms. The van der Waals surface area contributed by atoms with E-state index < -0.39 is 15.8 Å². The van der Waals surface area contributed by atoms with Crippen LogP contribution in [-0.4, -0.2) is 51.5 Å². The Hall–Kier alpha value is -2.29. The van der Waals surface area contributed by atoms with Crippen molar-refractivity contribution in [2.24, 2.45) is 0 Å². The Labute approximate surface area is 121 Å². The summed E-state index contributed by atoms with van der Waals surface area (Å²) in [4.78, 5) is 15.2. The van der Waals surface area contributed by atoms with Crippen molar-refractivity contribution in [3.05, 3.63) is 30.2 Å². The Bertz CT molecular complexity index is 740. The van der Waals surface area contributed by atoms with Crippen molar-refractivity contribution in [2.75, 3.05) is 12.0 Å². The molecule has 0 atom stereocenters. The molecule has 0 amide bonds. The molecule has 9 heteroatoms. The molecule has 0 aliphatic rings. The van der Waals surface area contributed by atoms with Crippen molar-refractivity contribution in [1.82, 2.24) is 20.0 Å². The first-order valence-corrected chi connectivity index (χ1v) is 8.19. The Morgan fingerprint density at radius 3 is 2.76 bits per heavy atom. The number of carboxylic acid groups (broad SMARTS) is 1. The van der Waals surface area contributed by atoms with Crippen LogP contribution in [0.4, 0.5) is 0 Å². The number of carboxylic acids is 1. The van der Waals surface area contributed by atoms with Crippen LogP contribution in [0.1, 0.15) is 16.9 Å². The number of aryl methyl sites for hydroxylation is 1. The van der Waals surface area contributed by atoms with Crippen LogP contribution >= 0.6 is 0 Å². The number of hydrogen-bond acceptors (Lipinski definition) is 6. The summed E-state index contributed by atoms with van der Waals surface area (Å²) in [6, 6.07) is 3.38. The van der Waals surface area contributed by atoms with Gasteiger partial charge in [-0.05, 0) is 18.6 Å². The summed E-state index contributed by atoms with van der Waals surface area (Å²) in [5, 5.41) is 16.6. The van der Waals surface area contributed by atoms with Crippen LogP contribution in [0.25, 0.3) is 11.3 Å². The van der Waals surface area contributed by atoms with Gasteiger partial charge >= 0.3 is 5.97 Å². The van der Waals surface area contributed by atoms with E-state index in [1.807, 2.05) is 0 Å². The number of nitrogens with zero attached hydrogens (tertiary/aromatic N) is 4. The number of carbonyl (C=O) groups is 1. The van der Waals surface area contributed by atoms with Gasteiger partial charge < -0.3 is 5.11 Å². The monoisotopic (exact) mass is 310 g/mol. The zero-order valence-corrected chi connectivity index (χ0v) is 12.1.